The number of carbonyl (C=O) groups excluding carboxylic acids is 2. The molecule has 3 fully saturated rings. The molecule has 5 rings (SSSR count). The molecule has 1 aromatic heterocycles. The van der Waals surface area contributed by atoms with E-state index in [0.717, 1.165) is 42.5 Å². The highest BCUT2D eigenvalue weighted by Crippen LogP contribution is 2.53. The number of pyridine rings is 1. The third kappa shape index (κ3) is 5.01. The molecule has 2 aliphatic carbocycles. The predicted molar refractivity (Wildman–Crippen MR) is 134 cm³/mol. The molecule has 0 bridgehead atoms. The molecule has 7 atom stereocenters. The summed E-state index contributed by atoms with van der Waals surface area (Å²) >= 11 is 0. The smallest absolute Gasteiger partial charge is 0.407 e. The Hall–Kier alpha value is -3.22. The molecule has 6 nitrogen and oxygen atoms in total. The Labute approximate surface area is 211 Å². The van der Waals surface area contributed by atoms with Crippen LogP contribution in [-0.2, 0) is 14.3 Å². The number of benzene rings is 1. The zero-order valence-electron chi connectivity index (χ0n) is 20.7. The number of carbonyl (C=O) groups is 2. The maximum atomic E-state index is 13.6. The first-order valence-electron chi connectivity index (χ1n) is 13.0. The van der Waals surface area contributed by atoms with Crippen molar-refractivity contribution in [2.24, 2.45) is 29.6 Å². The average molecular weight is 493 g/mol. The number of cyclic esters (lactones) is 1. The van der Waals surface area contributed by atoms with Crippen molar-refractivity contribution in [2.75, 3.05) is 6.61 Å². The molecular formula is C29H33FN2O4. The molecule has 3 aliphatic rings. The van der Waals surface area contributed by atoms with Gasteiger partial charge in [-0.15, -0.1) is 0 Å². The van der Waals surface area contributed by atoms with Gasteiger partial charge >= 0.3 is 12.1 Å². The Morgan fingerprint density at radius 2 is 2.08 bits per heavy atom. The fourth-order valence-electron chi connectivity index (χ4n) is 6.64. The summed E-state index contributed by atoms with van der Waals surface area (Å²) in [5.41, 5.74) is 2.48. The predicted octanol–water partition coefficient (Wildman–Crippen LogP) is 5.63. The molecule has 0 unspecified atom stereocenters. The molecule has 1 aliphatic heterocycles. The Kier molecular flexibility index (Phi) is 7.08. The van der Waals surface area contributed by atoms with Crippen LogP contribution in [0.2, 0.25) is 0 Å². The van der Waals surface area contributed by atoms with E-state index in [4.69, 9.17) is 9.47 Å². The van der Waals surface area contributed by atoms with Crippen molar-refractivity contribution in [2.45, 2.75) is 51.7 Å². The number of hydrogen-bond donors (Lipinski definition) is 1. The fraction of sp³-hybridized carbons (Fsp3) is 0.483. The summed E-state index contributed by atoms with van der Waals surface area (Å²) in [6, 6.07) is 10.4. The molecule has 1 saturated heterocycles. The van der Waals surface area contributed by atoms with Crippen LogP contribution < -0.4 is 5.32 Å². The van der Waals surface area contributed by atoms with Crippen molar-refractivity contribution < 1.29 is 23.5 Å². The van der Waals surface area contributed by atoms with Crippen LogP contribution in [0.15, 0.2) is 48.7 Å². The first kappa shape index (κ1) is 24.5. The van der Waals surface area contributed by atoms with Crippen LogP contribution in [0.5, 0.6) is 0 Å². The van der Waals surface area contributed by atoms with Gasteiger partial charge in [0.15, 0.2) is 0 Å². The van der Waals surface area contributed by atoms with Crippen molar-refractivity contribution in [3.8, 4) is 11.1 Å². The summed E-state index contributed by atoms with van der Waals surface area (Å²) < 4.78 is 24.3. The molecule has 2 saturated carbocycles. The number of ether oxygens (including phenoxy) is 2. The number of amides is 1. The van der Waals surface area contributed by atoms with Crippen molar-refractivity contribution in [1.29, 1.82) is 0 Å². The number of hydrogen-bond acceptors (Lipinski definition) is 5. The summed E-state index contributed by atoms with van der Waals surface area (Å²) in [5, 5.41) is 3.00. The third-order valence-electron chi connectivity index (χ3n) is 8.18. The van der Waals surface area contributed by atoms with Crippen molar-refractivity contribution >= 4 is 18.1 Å². The number of allylic oxidation sites excluding steroid dienone is 1. The van der Waals surface area contributed by atoms with Crippen LogP contribution >= 0.6 is 0 Å². The molecule has 0 radical (unpaired) electrons. The maximum Gasteiger partial charge on any atom is 0.407 e. The van der Waals surface area contributed by atoms with E-state index >= 15 is 0 Å². The highest BCUT2D eigenvalue weighted by atomic mass is 19.1. The maximum absolute atomic E-state index is 13.6. The Morgan fingerprint density at radius 1 is 1.22 bits per heavy atom. The van der Waals surface area contributed by atoms with E-state index in [0.29, 0.717) is 18.4 Å². The summed E-state index contributed by atoms with van der Waals surface area (Å²) in [6.45, 7) is 4.15. The monoisotopic (exact) mass is 492 g/mol. The third-order valence-corrected chi connectivity index (χ3v) is 8.18. The lowest BCUT2D eigenvalue weighted by Crippen LogP contribution is -2.48. The van der Waals surface area contributed by atoms with Gasteiger partial charge in [-0.05, 0) is 87.1 Å². The molecule has 2 heterocycles. The van der Waals surface area contributed by atoms with Crippen LogP contribution in [0.4, 0.5) is 9.18 Å². The topological polar surface area (TPSA) is 77.5 Å². The molecule has 190 valence electrons. The number of halogens is 1. The van der Waals surface area contributed by atoms with E-state index in [1.807, 2.05) is 31.2 Å². The van der Waals surface area contributed by atoms with E-state index in [9.17, 15) is 14.0 Å². The minimum Gasteiger partial charge on any atom is -0.462 e. The molecule has 7 heteroatoms. The molecule has 1 N–H and O–H groups in total. The number of alkyl carbamates (subject to hydrolysis) is 1. The molecular weight excluding hydrogens is 459 g/mol. The van der Waals surface area contributed by atoms with Crippen molar-refractivity contribution in [3.63, 3.8) is 0 Å². The van der Waals surface area contributed by atoms with Crippen LogP contribution in [0.3, 0.4) is 0 Å². The minimum absolute atomic E-state index is 0.0679. The molecule has 0 spiro atoms. The zero-order valence-corrected chi connectivity index (χ0v) is 20.7. The summed E-state index contributed by atoms with van der Waals surface area (Å²) in [5.74, 6) is 0.629. The van der Waals surface area contributed by atoms with Crippen LogP contribution in [0.25, 0.3) is 17.2 Å². The van der Waals surface area contributed by atoms with Gasteiger partial charge in [0.05, 0.1) is 18.2 Å². The number of fused-ring (bicyclic) bond motifs is 2. The summed E-state index contributed by atoms with van der Waals surface area (Å²) in [7, 11) is 0. The van der Waals surface area contributed by atoms with Crippen molar-refractivity contribution in [1.82, 2.24) is 10.3 Å². The van der Waals surface area contributed by atoms with Gasteiger partial charge in [-0.2, -0.15) is 0 Å². The van der Waals surface area contributed by atoms with Crippen molar-refractivity contribution in [3.05, 3.63) is 60.2 Å². The van der Waals surface area contributed by atoms with Gasteiger partial charge in [-0.1, -0.05) is 24.3 Å². The standard InChI is InChI=1S/C29H33FN2O4/c1-3-35-29(34)32-23-10-11-24-20(14-23)15-26-27(17(2)36-28(26)33)25(24)12-9-22-8-7-19(16-31-22)18-5-4-6-21(30)13-18/h4-9,12-13,16-17,20,23-27H,3,10-11,14-15H2,1-2H3,(H,32,34)/b12-9+/t17-,20+,23+,24+,25+,26-,27-/m1/s1. The van der Waals surface area contributed by atoms with Crippen LogP contribution in [0.1, 0.15) is 45.2 Å². The quantitative estimate of drug-likeness (QED) is 0.548. The SMILES string of the molecule is CCOC(=O)N[C@H]1CC[C@H]2[C@@H](C1)C[C@H]1C(=O)O[C@H](C)[C@@H]1[C@H]2/C=C/c1ccc(-c2cccc(F)c2)cn1. The fourth-order valence-corrected chi connectivity index (χ4v) is 6.64. The lowest BCUT2D eigenvalue weighted by atomic mass is 9.57. The van der Waals surface area contributed by atoms with E-state index in [1.165, 1.54) is 12.1 Å². The second-order valence-electron chi connectivity index (χ2n) is 10.3. The number of esters is 1. The van der Waals surface area contributed by atoms with E-state index in [2.05, 4.69) is 16.4 Å². The van der Waals surface area contributed by atoms with Crippen LogP contribution in [-0.4, -0.2) is 35.8 Å². The average Bonchev–Trinajstić information content (AvgIpc) is 3.15. The lowest BCUT2D eigenvalue weighted by molar-refractivity contribution is -0.144. The number of nitrogens with one attached hydrogen (secondary N) is 1. The van der Waals surface area contributed by atoms with Gasteiger partial charge in [0.1, 0.15) is 11.9 Å². The van der Waals surface area contributed by atoms with E-state index in [-0.39, 0.29) is 47.8 Å². The molecule has 1 aromatic carbocycles. The minimum atomic E-state index is -0.368. The van der Waals surface area contributed by atoms with Gasteiger partial charge in [0.25, 0.3) is 0 Å². The van der Waals surface area contributed by atoms with Crippen LogP contribution in [0, 0.1) is 35.4 Å². The summed E-state index contributed by atoms with van der Waals surface area (Å²) in [6.07, 6.45) is 9.07. The summed E-state index contributed by atoms with van der Waals surface area (Å²) in [4.78, 5) is 29.2. The number of nitrogens with zero attached hydrogens (tertiary/aromatic N) is 1. The second-order valence-corrected chi connectivity index (χ2v) is 10.3. The van der Waals surface area contributed by atoms with E-state index < -0.39 is 0 Å². The van der Waals surface area contributed by atoms with Gasteiger partial charge in [0.2, 0.25) is 0 Å². The first-order chi connectivity index (χ1) is 17.4. The van der Waals surface area contributed by atoms with E-state index in [1.54, 1.807) is 19.2 Å². The normalized spacial score (nSPS) is 31.4. The largest absolute Gasteiger partial charge is 0.462 e. The van der Waals surface area contributed by atoms with Gasteiger partial charge in [-0.3, -0.25) is 9.78 Å². The molecule has 2 aromatic rings. The Balaban J connectivity index is 1.34. The Bertz CT molecular complexity index is 1130. The van der Waals surface area contributed by atoms with Gasteiger partial charge in [-0.25, -0.2) is 9.18 Å². The highest BCUT2D eigenvalue weighted by Gasteiger charge is 2.54. The van der Waals surface area contributed by atoms with Gasteiger partial charge < -0.3 is 14.8 Å². The second kappa shape index (κ2) is 10.4. The van der Waals surface area contributed by atoms with Gasteiger partial charge in [0, 0.05) is 23.7 Å². The number of aromatic nitrogens is 1. The lowest BCUT2D eigenvalue weighted by Gasteiger charge is -2.47. The number of rotatable bonds is 5. The first-order valence-corrected chi connectivity index (χ1v) is 13.0. The molecule has 1 amide bonds. The highest BCUT2D eigenvalue weighted by molar-refractivity contribution is 5.75. The molecule has 36 heavy (non-hydrogen) atoms. The Morgan fingerprint density at radius 3 is 2.83 bits per heavy atom. The zero-order chi connectivity index (χ0) is 25.2.